The molecule has 8 nitrogen and oxygen atoms in total. The van der Waals surface area contributed by atoms with Crippen LogP contribution in [0.3, 0.4) is 0 Å². The number of halogens is 1. The molecule has 1 aromatic carbocycles. The number of hydrogen-bond donors (Lipinski definition) is 2. The van der Waals surface area contributed by atoms with Crippen molar-refractivity contribution in [2.24, 2.45) is 0 Å². The van der Waals surface area contributed by atoms with E-state index in [1.165, 1.54) is 24.3 Å². The number of carbonyl (C=O) groups excluding carboxylic acids is 2. The first kappa shape index (κ1) is 14.1. The Morgan fingerprint density at radius 3 is 2.68 bits per heavy atom. The van der Waals surface area contributed by atoms with Crippen molar-refractivity contribution in [3.05, 3.63) is 30.1 Å². The normalized spacial score (nSPS) is 13.7. The summed E-state index contributed by atoms with van der Waals surface area (Å²) in [7, 11) is 0. The lowest BCUT2D eigenvalue weighted by Gasteiger charge is -2.04. The highest BCUT2D eigenvalue weighted by Crippen LogP contribution is 2.18. The minimum absolute atomic E-state index is 0.169. The number of aromatic nitrogens is 4. The molecule has 1 heterocycles. The molecule has 1 aromatic heterocycles. The quantitative estimate of drug-likeness (QED) is 0.855. The van der Waals surface area contributed by atoms with Gasteiger partial charge in [0, 0.05) is 11.6 Å². The molecule has 2 aromatic rings. The van der Waals surface area contributed by atoms with Crippen LogP contribution in [-0.4, -0.2) is 38.2 Å². The van der Waals surface area contributed by atoms with Gasteiger partial charge in [0.05, 0.1) is 0 Å². The van der Waals surface area contributed by atoms with Crippen LogP contribution < -0.4 is 10.6 Å². The Morgan fingerprint density at radius 2 is 2.00 bits per heavy atom. The summed E-state index contributed by atoms with van der Waals surface area (Å²) in [5.41, 5.74) is 0.583. The average molecular weight is 304 g/mol. The molecule has 9 heteroatoms. The smallest absolute Gasteiger partial charge is 0.321 e. The molecule has 22 heavy (non-hydrogen) atoms. The Hall–Kier alpha value is -2.84. The minimum Gasteiger partial charge on any atom is -0.335 e. The predicted molar refractivity (Wildman–Crippen MR) is 72.9 cm³/mol. The molecular weight excluding hydrogens is 291 g/mol. The summed E-state index contributed by atoms with van der Waals surface area (Å²) in [5, 5.41) is 16.3. The number of hydrogen-bond acceptors (Lipinski definition) is 5. The fourth-order valence-electron chi connectivity index (χ4n) is 1.77. The van der Waals surface area contributed by atoms with Crippen LogP contribution in [-0.2, 0) is 11.3 Å². The van der Waals surface area contributed by atoms with Crippen molar-refractivity contribution in [2.45, 2.75) is 25.4 Å². The van der Waals surface area contributed by atoms with Crippen molar-refractivity contribution >= 4 is 11.9 Å². The zero-order valence-electron chi connectivity index (χ0n) is 11.5. The van der Waals surface area contributed by atoms with E-state index in [1.807, 2.05) is 0 Å². The maximum Gasteiger partial charge on any atom is 0.321 e. The van der Waals surface area contributed by atoms with Crippen LogP contribution in [0.25, 0.3) is 11.4 Å². The molecule has 0 radical (unpaired) electrons. The highest BCUT2D eigenvalue weighted by Gasteiger charge is 2.24. The first-order valence-corrected chi connectivity index (χ1v) is 6.74. The third kappa shape index (κ3) is 3.62. The van der Waals surface area contributed by atoms with E-state index in [0.29, 0.717) is 5.56 Å². The molecule has 0 unspecified atom stereocenters. The first-order valence-electron chi connectivity index (χ1n) is 6.74. The summed E-state index contributed by atoms with van der Waals surface area (Å²) in [6.07, 6.45) is 1.88. The number of rotatable bonds is 4. The van der Waals surface area contributed by atoms with Crippen LogP contribution in [0.5, 0.6) is 0 Å². The average Bonchev–Trinajstić information content (AvgIpc) is 3.16. The molecule has 1 aliphatic rings. The highest BCUT2D eigenvalue weighted by atomic mass is 19.1. The van der Waals surface area contributed by atoms with Crippen molar-refractivity contribution in [3.63, 3.8) is 0 Å². The Kier molecular flexibility index (Phi) is 3.77. The van der Waals surface area contributed by atoms with Gasteiger partial charge in [-0.3, -0.25) is 10.1 Å². The second-order valence-electron chi connectivity index (χ2n) is 4.95. The predicted octanol–water partition coefficient (Wildman–Crippen LogP) is 0.467. The van der Waals surface area contributed by atoms with Gasteiger partial charge in [-0.1, -0.05) is 0 Å². The molecule has 0 atom stereocenters. The highest BCUT2D eigenvalue weighted by molar-refractivity contribution is 5.94. The summed E-state index contributed by atoms with van der Waals surface area (Å²) in [5.74, 6) is -0.631. The van der Waals surface area contributed by atoms with Crippen molar-refractivity contribution in [2.75, 3.05) is 0 Å². The zero-order chi connectivity index (χ0) is 15.5. The lowest BCUT2D eigenvalue weighted by molar-refractivity contribution is -0.121. The van der Waals surface area contributed by atoms with Gasteiger partial charge in [0.15, 0.2) is 0 Å². The lowest BCUT2D eigenvalue weighted by atomic mass is 10.2. The molecular formula is C13H13FN6O2. The number of carbonyl (C=O) groups is 2. The van der Waals surface area contributed by atoms with Gasteiger partial charge in [-0.25, -0.2) is 9.18 Å². The molecule has 0 aliphatic heterocycles. The summed E-state index contributed by atoms with van der Waals surface area (Å²) in [6.45, 7) is -0.230. The van der Waals surface area contributed by atoms with Gasteiger partial charge < -0.3 is 5.32 Å². The van der Waals surface area contributed by atoms with Crippen LogP contribution in [0.2, 0.25) is 0 Å². The standard InChI is InChI=1S/C13H13FN6O2/c14-9-3-1-8(2-4-9)12-17-19-20(18-12)7-11(21)16-13(22)15-10-5-6-10/h1-4,10H,5-7H2,(H2,15,16,21,22). The monoisotopic (exact) mass is 304 g/mol. The van der Waals surface area contributed by atoms with Crippen LogP contribution in [0.4, 0.5) is 9.18 Å². The van der Waals surface area contributed by atoms with Gasteiger partial charge in [-0.15, -0.1) is 10.2 Å². The topological polar surface area (TPSA) is 102 Å². The van der Waals surface area contributed by atoms with Crippen LogP contribution >= 0.6 is 0 Å². The van der Waals surface area contributed by atoms with Gasteiger partial charge in [-0.2, -0.15) is 4.80 Å². The van der Waals surface area contributed by atoms with E-state index < -0.39 is 11.9 Å². The van der Waals surface area contributed by atoms with Crippen molar-refractivity contribution < 1.29 is 14.0 Å². The Bertz CT molecular complexity index is 695. The van der Waals surface area contributed by atoms with Crippen molar-refractivity contribution in [1.82, 2.24) is 30.8 Å². The molecule has 114 valence electrons. The van der Waals surface area contributed by atoms with Crippen molar-refractivity contribution in [3.8, 4) is 11.4 Å². The van der Waals surface area contributed by atoms with Gasteiger partial charge in [0.25, 0.3) is 5.91 Å². The minimum atomic E-state index is -0.541. The van der Waals surface area contributed by atoms with E-state index >= 15 is 0 Å². The fourth-order valence-corrected chi connectivity index (χ4v) is 1.77. The van der Waals surface area contributed by atoms with E-state index in [-0.39, 0.29) is 24.2 Å². The molecule has 0 saturated heterocycles. The second kappa shape index (κ2) is 5.88. The van der Waals surface area contributed by atoms with Gasteiger partial charge in [0.2, 0.25) is 5.82 Å². The Morgan fingerprint density at radius 1 is 1.27 bits per heavy atom. The van der Waals surface area contributed by atoms with E-state index in [1.54, 1.807) is 0 Å². The number of benzene rings is 1. The van der Waals surface area contributed by atoms with E-state index in [4.69, 9.17) is 0 Å². The second-order valence-corrected chi connectivity index (χ2v) is 4.95. The molecule has 3 rings (SSSR count). The first-order chi connectivity index (χ1) is 10.6. The van der Waals surface area contributed by atoms with Crippen LogP contribution in [0.1, 0.15) is 12.8 Å². The summed E-state index contributed by atoms with van der Waals surface area (Å²) in [6, 6.07) is 5.24. The third-order valence-electron chi connectivity index (χ3n) is 3.01. The van der Waals surface area contributed by atoms with Crippen LogP contribution in [0, 0.1) is 5.82 Å². The number of amides is 3. The van der Waals surface area contributed by atoms with Crippen LogP contribution in [0.15, 0.2) is 24.3 Å². The summed E-state index contributed by atoms with van der Waals surface area (Å²) < 4.78 is 12.8. The molecule has 1 fully saturated rings. The van der Waals surface area contributed by atoms with Gasteiger partial charge >= 0.3 is 6.03 Å². The Balaban J connectivity index is 1.57. The van der Waals surface area contributed by atoms with E-state index in [2.05, 4.69) is 26.0 Å². The summed E-state index contributed by atoms with van der Waals surface area (Å²) in [4.78, 5) is 24.1. The van der Waals surface area contributed by atoms with E-state index in [0.717, 1.165) is 17.6 Å². The SMILES string of the molecule is O=C(Cn1nnc(-c2ccc(F)cc2)n1)NC(=O)NC1CC1. The molecule has 2 N–H and O–H groups in total. The fraction of sp³-hybridized carbons (Fsp3) is 0.308. The number of nitrogens with one attached hydrogen (secondary N) is 2. The number of nitrogens with zero attached hydrogens (tertiary/aromatic N) is 4. The molecule has 1 saturated carbocycles. The zero-order valence-corrected chi connectivity index (χ0v) is 11.5. The number of tetrazole rings is 1. The molecule has 1 aliphatic carbocycles. The molecule has 3 amide bonds. The number of imide groups is 1. The Labute approximate surface area is 124 Å². The largest absolute Gasteiger partial charge is 0.335 e. The number of urea groups is 1. The maximum atomic E-state index is 12.8. The molecule has 0 spiro atoms. The van der Waals surface area contributed by atoms with Gasteiger partial charge in [-0.05, 0) is 42.3 Å². The summed E-state index contributed by atoms with van der Waals surface area (Å²) >= 11 is 0. The lowest BCUT2D eigenvalue weighted by Crippen LogP contribution is -2.42. The molecule has 0 bridgehead atoms. The third-order valence-corrected chi connectivity index (χ3v) is 3.01. The van der Waals surface area contributed by atoms with Gasteiger partial charge in [0.1, 0.15) is 12.4 Å². The van der Waals surface area contributed by atoms with E-state index in [9.17, 15) is 14.0 Å². The van der Waals surface area contributed by atoms with Crippen molar-refractivity contribution in [1.29, 1.82) is 0 Å². The maximum absolute atomic E-state index is 12.8.